The Morgan fingerprint density at radius 3 is 1.97 bits per heavy atom. The zero-order valence-corrected chi connectivity index (χ0v) is 18.9. The lowest BCUT2D eigenvalue weighted by atomic mass is 10.1. The molecule has 5 rings (SSSR count). The third kappa shape index (κ3) is 3.38. The number of imide groups is 1. The number of pyridine rings is 1. The molecule has 0 aliphatic carbocycles. The molecule has 0 spiro atoms. The SMILES string of the molecule is CCc1cc[n+](C2=C(c3c(C)[nH]n(-c4ccccc4)c3=O)C(=O)N(c3ccccc3)C2=O)cc1. The molecule has 168 valence electrons. The van der Waals surface area contributed by atoms with Crippen molar-refractivity contribution in [2.24, 2.45) is 0 Å². The van der Waals surface area contributed by atoms with Crippen LogP contribution in [0.1, 0.15) is 23.7 Å². The molecule has 3 heterocycles. The second-order valence-corrected chi connectivity index (χ2v) is 8.06. The van der Waals surface area contributed by atoms with Gasteiger partial charge in [0, 0.05) is 17.8 Å². The maximum absolute atomic E-state index is 13.7. The summed E-state index contributed by atoms with van der Waals surface area (Å²) in [5, 5.41) is 3.07. The van der Waals surface area contributed by atoms with Gasteiger partial charge in [-0.2, -0.15) is 4.57 Å². The van der Waals surface area contributed by atoms with Crippen molar-refractivity contribution in [2.45, 2.75) is 20.3 Å². The van der Waals surface area contributed by atoms with E-state index < -0.39 is 17.4 Å². The van der Waals surface area contributed by atoms with Crippen LogP contribution in [0.25, 0.3) is 17.0 Å². The number of nitrogens with one attached hydrogen (secondary N) is 1. The van der Waals surface area contributed by atoms with Crippen molar-refractivity contribution in [3.05, 3.63) is 112 Å². The molecule has 2 amide bonds. The van der Waals surface area contributed by atoms with E-state index in [2.05, 4.69) is 5.10 Å². The highest BCUT2D eigenvalue weighted by Crippen LogP contribution is 2.33. The summed E-state index contributed by atoms with van der Waals surface area (Å²) in [6.07, 6.45) is 4.35. The van der Waals surface area contributed by atoms with Crippen molar-refractivity contribution < 1.29 is 14.2 Å². The molecule has 1 N–H and O–H groups in total. The van der Waals surface area contributed by atoms with Crippen molar-refractivity contribution in [1.29, 1.82) is 0 Å². The molecular weight excluding hydrogens is 428 g/mol. The second-order valence-electron chi connectivity index (χ2n) is 8.06. The number of carbonyl (C=O) groups is 2. The van der Waals surface area contributed by atoms with E-state index in [0.29, 0.717) is 17.1 Å². The van der Waals surface area contributed by atoms with Crippen molar-refractivity contribution in [3.8, 4) is 5.69 Å². The van der Waals surface area contributed by atoms with E-state index in [1.807, 2.05) is 43.3 Å². The third-order valence-corrected chi connectivity index (χ3v) is 5.97. The molecule has 0 saturated carbocycles. The van der Waals surface area contributed by atoms with Crippen LogP contribution in [0.3, 0.4) is 0 Å². The van der Waals surface area contributed by atoms with Crippen molar-refractivity contribution in [3.63, 3.8) is 0 Å². The zero-order valence-electron chi connectivity index (χ0n) is 18.9. The maximum Gasteiger partial charge on any atom is 0.331 e. The molecule has 0 fully saturated rings. The minimum atomic E-state index is -0.530. The molecule has 4 aromatic rings. The number of hydrogen-bond acceptors (Lipinski definition) is 3. The molecule has 1 aliphatic rings. The Balaban J connectivity index is 1.75. The highest BCUT2D eigenvalue weighted by molar-refractivity contribution is 6.53. The standard InChI is InChI=1S/C27H22N4O3/c1-3-19-14-16-29(17-15-19)24-23(25(32)30(27(24)34)20-10-6-4-7-11-20)22-18(2)28-31(26(22)33)21-12-8-5-9-13-21/h4-17H,3H2,1-2H3/p+1. The molecular formula is C27H23N4O3+. The molecule has 0 unspecified atom stereocenters. The largest absolute Gasteiger partial charge is 0.331 e. The van der Waals surface area contributed by atoms with Gasteiger partial charge in [0.1, 0.15) is 5.57 Å². The Morgan fingerprint density at radius 2 is 1.38 bits per heavy atom. The number of aromatic nitrogens is 3. The van der Waals surface area contributed by atoms with E-state index in [1.165, 1.54) is 4.68 Å². The number of H-pyrrole nitrogens is 1. The third-order valence-electron chi connectivity index (χ3n) is 5.97. The highest BCUT2D eigenvalue weighted by Gasteiger charge is 2.47. The van der Waals surface area contributed by atoms with Gasteiger partial charge in [-0.15, -0.1) is 0 Å². The van der Waals surface area contributed by atoms with Crippen LogP contribution in [0.4, 0.5) is 5.69 Å². The van der Waals surface area contributed by atoms with Crippen molar-refractivity contribution in [2.75, 3.05) is 4.90 Å². The van der Waals surface area contributed by atoms with E-state index in [0.717, 1.165) is 16.9 Å². The summed E-state index contributed by atoms with van der Waals surface area (Å²) >= 11 is 0. The molecule has 0 radical (unpaired) electrons. The summed E-state index contributed by atoms with van der Waals surface area (Å²) in [6.45, 7) is 3.77. The minimum Gasteiger partial charge on any atom is -0.295 e. The molecule has 0 bridgehead atoms. The normalized spacial score (nSPS) is 13.8. The highest BCUT2D eigenvalue weighted by atomic mass is 16.2. The average molecular weight is 452 g/mol. The van der Waals surface area contributed by atoms with E-state index in [1.54, 1.807) is 60.3 Å². The number of nitrogens with zero attached hydrogens (tertiary/aromatic N) is 3. The molecule has 2 aromatic carbocycles. The average Bonchev–Trinajstić information content (AvgIpc) is 3.30. The molecule has 0 atom stereocenters. The van der Waals surface area contributed by atoms with Gasteiger partial charge in [-0.25, -0.2) is 9.58 Å². The van der Waals surface area contributed by atoms with Crippen LogP contribution < -0.4 is 15.0 Å². The molecule has 0 saturated heterocycles. The Hall–Kier alpha value is -4.52. The predicted molar refractivity (Wildman–Crippen MR) is 129 cm³/mol. The lowest BCUT2D eigenvalue weighted by Gasteiger charge is -2.13. The number of amides is 2. The Morgan fingerprint density at radius 1 is 0.794 bits per heavy atom. The van der Waals surface area contributed by atoms with Crippen LogP contribution in [-0.2, 0) is 16.0 Å². The smallest absolute Gasteiger partial charge is 0.295 e. The minimum absolute atomic E-state index is 0.0801. The van der Waals surface area contributed by atoms with Gasteiger partial charge >= 0.3 is 5.91 Å². The number of aromatic amines is 1. The van der Waals surface area contributed by atoms with Gasteiger partial charge in [0.15, 0.2) is 12.4 Å². The summed E-state index contributed by atoms with van der Waals surface area (Å²) < 4.78 is 3.01. The Kier molecular flexibility index (Phi) is 5.30. The summed E-state index contributed by atoms with van der Waals surface area (Å²) in [6, 6.07) is 21.7. The van der Waals surface area contributed by atoms with Gasteiger partial charge < -0.3 is 0 Å². The lowest BCUT2D eigenvalue weighted by Crippen LogP contribution is -2.39. The van der Waals surface area contributed by atoms with Gasteiger partial charge in [-0.3, -0.25) is 19.5 Å². The first-order valence-electron chi connectivity index (χ1n) is 11.1. The monoisotopic (exact) mass is 451 g/mol. The van der Waals surface area contributed by atoms with Crippen molar-refractivity contribution >= 4 is 28.8 Å². The lowest BCUT2D eigenvalue weighted by molar-refractivity contribution is -0.576. The van der Waals surface area contributed by atoms with Gasteiger partial charge in [0.05, 0.1) is 16.9 Å². The topological polar surface area (TPSA) is 79.1 Å². The number of rotatable bonds is 5. The Bertz CT molecular complexity index is 1480. The van der Waals surface area contributed by atoms with Gasteiger partial charge in [0.25, 0.3) is 17.2 Å². The fourth-order valence-electron chi connectivity index (χ4n) is 4.24. The number of benzene rings is 2. The van der Waals surface area contributed by atoms with Gasteiger partial charge in [-0.05, 0) is 43.2 Å². The number of carbonyl (C=O) groups excluding carboxylic acids is 2. The van der Waals surface area contributed by atoms with Crippen molar-refractivity contribution in [1.82, 2.24) is 9.78 Å². The summed E-state index contributed by atoms with van der Waals surface area (Å²) in [7, 11) is 0. The predicted octanol–water partition coefficient (Wildman–Crippen LogP) is 3.27. The fourth-order valence-corrected chi connectivity index (χ4v) is 4.24. The first-order chi connectivity index (χ1) is 16.5. The number of anilines is 1. The molecule has 34 heavy (non-hydrogen) atoms. The van der Waals surface area contributed by atoms with Gasteiger partial charge in [0.2, 0.25) is 0 Å². The molecule has 7 nitrogen and oxygen atoms in total. The molecule has 2 aromatic heterocycles. The van der Waals surface area contributed by atoms with Crippen LogP contribution in [0.2, 0.25) is 0 Å². The van der Waals surface area contributed by atoms with E-state index >= 15 is 0 Å². The van der Waals surface area contributed by atoms with E-state index in [-0.39, 0.29) is 16.8 Å². The van der Waals surface area contributed by atoms with Crippen LogP contribution in [0.5, 0.6) is 0 Å². The fraction of sp³-hybridized carbons (Fsp3) is 0.111. The van der Waals surface area contributed by atoms with Crippen LogP contribution in [-0.4, -0.2) is 21.6 Å². The summed E-state index contributed by atoms with van der Waals surface area (Å²) in [4.78, 5) is 42.1. The number of aryl methyl sites for hydroxylation is 2. The van der Waals surface area contributed by atoms with E-state index in [9.17, 15) is 14.4 Å². The first-order valence-corrected chi connectivity index (χ1v) is 11.1. The number of para-hydroxylation sites is 2. The quantitative estimate of drug-likeness (QED) is 0.374. The second kappa shape index (κ2) is 8.44. The van der Waals surface area contributed by atoms with E-state index in [4.69, 9.17) is 0 Å². The summed E-state index contributed by atoms with van der Waals surface area (Å²) in [5.41, 5.74) is 2.71. The summed E-state index contributed by atoms with van der Waals surface area (Å²) in [5.74, 6) is -1.01. The van der Waals surface area contributed by atoms with Crippen LogP contribution in [0.15, 0.2) is 90.0 Å². The number of hydrogen-bond donors (Lipinski definition) is 1. The Labute approximate surface area is 196 Å². The van der Waals surface area contributed by atoms with Crippen LogP contribution in [0, 0.1) is 6.92 Å². The van der Waals surface area contributed by atoms with Crippen LogP contribution >= 0.6 is 0 Å². The maximum atomic E-state index is 13.7. The zero-order chi connectivity index (χ0) is 23.8. The first kappa shape index (κ1) is 21.3. The molecule has 7 heteroatoms. The molecule has 1 aliphatic heterocycles. The van der Waals surface area contributed by atoms with Gasteiger partial charge in [-0.1, -0.05) is 43.3 Å².